The van der Waals surface area contributed by atoms with Crippen molar-refractivity contribution in [3.8, 4) is 5.75 Å². The van der Waals surface area contributed by atoms with Crippen LogP contribution in [0.25, 0.3) is 0 Å². The molecule has 0 saturated heterocycles. The zero-order chi connectivity index (χ0) is 17.2. The number of hydrogen-bond donors (Lipinski definition) is 2. The summed E-state index contributed by atoms with van der Waals surface area (Å²) in [7, 11) is 0. The fourth-order valence-corrected chi connectivity index (χ4v) is 2.59. The molecule has 24 heavy (non-hydrogen) atoms. The van der Waals surface area contributed by atoms with E-state index in [1.807, 2.05) is 24.3 Å². The van der Waals surface area contributed by atoms with Crippen LogP contribution in [0.5, 0.6) is 5.75 Å². The maximum Gasteiger partial charge on any atom is 0.119 e. The minimum Gasteiger partial charge on any atom is -0.755 e. The van der Waals surface area contributed by atoms with Gasteiger partial charge in [0.1, 0.15) is 5.75 Å². The van der Waals surface area contributed by atoms with Crippen LogP contribution in [0.15, 0.2) is 48.5 Å². The normalized spacial score (nSPS) is 11.9. The van der Waals surface area contributed by atoms with Crippen molar-refractivity contribution in [2.45, 2.75) is 26.3 Å². The summed E-state index contributed by atoms with van der Waals surface area (Å²) in [5.41, 5.74) is 2.93. The Balaban J connectivity index is 1.73. The van der Waals surface area contributed by atoms with E-state index >= 15 is 0 Å². The van der Waals surface area contributed by atoms with Gasteiger partial charge in [0, 0.05) is 23.5 Å². The first kappa shape index (κ1) is 18.4. The Kier molecular flexibility index (Phi) is 7.74. The molecule has 0 aliphatic rings. The van der Waals surface area contributed by atoms with Gasteiger partial charge in [-0.1, -0.05) is 31.2 Å². The summed E-state index contributed by atoms with van der Waals surface area (Å²) in [6.45, 7) is 4.47. The van der Waals surface area contributed by atoms with Gasteiger partial charge in [0.25, 0.3) is 0 Å². The second-order valence-electron chi connectivity index (χ2n) is 5.46. The lowest BCUT2D eigenvalue weighted by molar-refractivity contribution is 0.317. The van der Waals surface area contributed by atoms with Crippen molar-refractivity contribution < 1.29 is 13.5 Å². The van der Waals surface area contributed by atoms with E-state index in [1.165, 1.54) is 5.56 Å². The summed E-state index contributed by atoms with van der Waals surface area (Å²) in [6.07, 6.45) is 1.88. The van der Waals surface area contributed by atoms with Crippen LogP contribution in [0.1, 0.15) is 24.5 Å². The van der Waals surface area contributed by atoms with Crippen molar-refractivity contribution in [1.29, 1.82) is 0 Å². The van der Waals surface area contributed by atoms with E-state index in [0.717, 1.165) is 43.9 Å². The summed E-state index contributed by atoms with van der Waals surface area (Å²) in [6, 6.07) is 15.5. The molecule has 2 N–H and O–H groups in total. The molecule has 2 aromatic rings. The van der Waals surface area contributed by atoms with Crippen LogP contribution in [-0.2, 0) is 24.2 Å². The molecule has 1 atom stereocenters. The zero-order valence-corrected chi connectivity index (χ0v) is 14.6. The molecule has 0 heterocycles. The van der Waals surface area contributed by atoms with Crippen molar-refractivity contribution in [3.63, 3.8) is 0 Å². The van der Waals surface area contributed by atoms with Crippen LogP contribution < -0.4 is 14.8 Å². The van der Waals surface area contributed by atoms with E-state index in [-0.39, 0.29) is 0 Å². The van der Waals surface area contributed by atoms with Crippen molar-refractivity contribution in [3.05, 3.63) is 59.7 Å². The minimum atomic E-state index is -2.28. The largest absolute Gasteiger partial charge is 0.755 e. The first-order valence-corrected chi connectivity index (χ1v) is 9.12. The van der Waals surface area contributed by atoms with E-state index in [0.29, 0.717) is 5.69 Å². The van der Waals surface area contributed by atoms with Crippen LogP contribution in [-0.4, -0.2) is 21.9 Å². The summed E-state index contributed by atoms with van der Waals surface area (Å²) in [5.74, 6) is 0.912. The van der Waals surface area contributed by atoms with Crippen molar-refractivity contribution in [1.82, 2.24) is 5.32 Å². The van der Waals surface area contributed by atoms with Gasteiger partial charge >= 0.3 is 0 Å². The Labute approximate surface area is 145 Å². The molecule has 0 bridgehead atoms. The second-order valence-corrected chi connectivity index (χ2v) is 6.13. The maximum atomic E-state index is 10.6. The third-order valence-electron chi connectivity index (χ3n) is 3.45. The lowest BCUT2D eigenvalue weighted by Crippen LogP contribution is -2.16. The van der Waals surface area contributed by atoms with E-state index in [9.17, 15) is 8.76 Å². The number of benzene rings is 2. The molecular weight excluding hydrogens is 324 g/mol. The average molecular weight is 347 g/mol. The van der Waals surface area contributed by atoms with Crippen molar-refractivity contribution >= 4 is 17.0 Å². The first-order chi connectivity index (χ1) is 11.7. The number of anilines is 1. The van der Waals surface area contributed by atoms with Crippen LogP contribution in [0.2, 0.25) is 0 Å². The van der Waals surface area contributed by atoms with Gasteiger partial charge in [0.05, 0.1) is 6.61 Å². The Morgan fingerprint density at radius 2 is 1.92 bits per heavy atom. The zero-order valence-electron chi connectivity index (χ0n) is 13.8. The molecule has 2 aromatic carbocycles. The van der Waals surface area contributed by atoms with Crippen molar-refractivity contribution in [2.75, 3.05) is 17.9 Å². The fraction of sp³-hybridized carbons (Fsp3) is 0.333. The second kappa shape index (κ2) is 10.1. The van der Waals surface area contributed by atoms with E-state index in [4.69, 9.17) is 4.74 Å². The smallest absolute Gasteiger partial charge is 0.119 e. The molecule has 0 fully saturated rings. The van der Waals surface area contributed by atoms with Crippen molar-refractivity contribution in [2.24, 2.45) is 0 Å². The van der Waals surface area contributed by atoms with Gasteiger partial charge in [0.15, 0.2) is 0 Å². The predicted octanol–water partition coefficient (Wildman–Crippen LogP) is 3.01. The summed E-state index contributed by atoms with van der Waals surface area (Å²) < 4.78 is 29.1. The number of nitrogens with one attached hydrogen (secondary N) is 2. The molecule has 1 unspecified atom stereocenters. The minimum absolute atomic E-state index is 0.573. The van der Waals surface area contributed by atoms with Gasteiger partial charge in [-0.05, 0) is 54.8 Å². The highest BCUT2D eigenvalue weighted by atomic mass is 32.2. The van der Waals surface area contributed by atoms with Gasteiger partial charge in [-0.25, -0.2) is 0 Å². The van der Waals surface area contributed by atoms with Gasteiger partial charge < -0.3 is 19.3 Å². The average Bonchev–Trinajstić information content (AvgIpc) is 2.58. The lowest BCUT2D eigenvalue weighted by Gasteiger charge is -2.10. The van der Waals surface area contributed by atoms with Crippen LogP contribution in [0.3, 0.4) is 0 Å². The molecule has 130 valence electrons. The van der Waals surface area contributed by atoms with Crippen LogP contribution in [0.4, 0.5) is 5.69 Å². The Morgan fingerprint density at radius 3 is 2.62 bits per heavy atom. The first-order valence-electron chi connectivity index (χ1n) is 8.04. The van der Waals surface area contributed by atoms with Gasteiger partial charge in [-0.2, -0.15) is 0 Å². The predicted molar refractivity (Wildman–Crippen MR) is 96.6 cm³/mol. The monoisotopic (exact) mass is 347 g/mol. The summed E-state index contributed by atoms with van der Waals surface area (Å²) in [4.78, 5) is 0. The summed E-state index contributed by atoms with van der Waals surface area (Å²) in [5, 5.41) is 3.41. The highest BCUT2D eigenvalue weighted by Crippen LogP contribution is 2.14. The Morgan fingerprint density at radius 1 is 1.12 bits per heavy atom. The molecule has 0 amide bonds. The molecule has 0 spiro atoms. The number of ether oxygens (including phenoxy) is 1. The van der Waals surface area contributed by atoms with Gasteiger partial charge in [0.2, 0.25) is 0 Å². The maximum absolute atomic E-state index is 10.6. The highest BCUT2D eigenvalue weighted by Gasteiger charge is 1.98. The molecule has 0 aliphatic carbocycles. The molecule has 2 rings (SSSR count). The number of hydrogen-bond acceptors (Lipinski definition) is 4. The van der Waals surface area contributed by atoms with E-state index < -0.39 is 11.3 Å². The standard InChI is InChI=1S/C18H24N2O3S/c1-2-12-23-18-5-3-4-16(13-18)14-19-11-10-15-6-8-17(9-7-15)20-24(21)22/h3-9,13,19-20H,2,10-12,14H2,1H3,(H,21,22)/p-1. The molecule has 0 aromatic heterocycles. The molecule has 5 nitrogen and oxygen atoms in total. The summed E-state index contributed by atoms with van der Waals surface area (Å²) >= 11 is -2.28. The van der Waals surface area contributed by atoms with Gasteiger partial charge in [-0.3, -0.25) is 4.21 Å². The Hall–Kier alpha value is -1.89. The lowest BCUT2D eigenvalue weighted by atomic mass is 10.1. The van der Waals surface area contributed by atoms with Crippen LogP contribution in [0, 0.1) is 0 Å². The number of rotatable bonds is 10. The Bertz CT molecular complexity index is 647. The third-order valence-corrected chi connectivity index (χ3v) is 3.85. The van der Waals surface area contributed by atoms with E-state index in [1.54, 1.807) is 12.1 Å². The molecule has 0 aliphatic heterocycles. The highest BCUT2D eigenvalue weighted by molar-refractivity contribution is 7.80. The SMILES string of the molecule is CCCOc1cccc(CNCCc2ccc(NS(=O)[O-])cc2)c1. The quantitative estimate of drug-likeness (QED) is 0.512. The van der Waals surface area contributed by atoms with Gasteiger partial charge in [-0.15, -0.1) is 0 Å². The molecule has 0 radical (unpaired) electrons. The van der Waals surface area contributed by atoms with E-state index in [2.05, 4.69) is 29.1 Å². The molecule has 6 heteroatoms. The molecule has 0 saturated carbocycles. The fourth-order valence-electron chi connectivity index (χ4n) is 2.27. The van der Waals surface area contributed by atoms with Crippen LogP contribution >= 0.6 is 0 Å². The topological polar surface area (TPSA) is 73.4 Å². The molecular formula is C18H23N2O3S-. The third kappa shape index (κ3) is 6.70.